The normalized spacial score (nSPS) is 23.6. The van der Waals surface area contributed by atoms with Crippen LogP contribution in [0, 0.1) is 6.92 Å². The molecule has 4 aliphatic heterocycles. The largest absolute Gasteiger partial charge is 0.355 e. The molecule has 4 fully saturated rings. The molecule has 6 aromatic heterocycles. The van der Waals surface area contributed by atoms with Crippen LogP contribution in [0.2, 0.25) is 5.02 Å². The minimum atomic E-state index is -0.354. The fourth-order valence-corrected chi connectivity index (χ4v) is 9.81. The average molecular weight is 827 g/mol. The molecule has 4 saturated heterocycles. The third-order valence-corrected chi connectivity index (χ3v) is 13.2. The summed E-state index contributed by atoms with van der Waals surface area (Å²) in [6.07, 6.45) is 9.21. The van der Waals surface area contributed by atoms with Crippen LogP contribution >= 0.6 is 11.6 Å². The average Bonchev–Trinajstić information content (AvgIpc) is 3.86. The van der Waals surface area contributed by atoms with Crippen LogP contribution in [0.25, 0.3) is 22.4 Å². The highest BCUT2D eigenvalue weighted by Gasteiger charge is 2.36. The molecule has 310 valence electrons. The van der Waals surface area contributed by atoms with Crippen LogP contribution < -0.4 is 20.4 Å². The zero-order chi connectivity index (χ0) is 41.1. The number of imidazole rings is 2. The van der Waals surface area contributed by atoms with E-state index in [9.17, 15) is 9.59 Å². The predicted molar refractivity (Wildman–Crippen MR) is 233 cm³/mol. The van der Waals surface area contributed by atoms with Crippen molar-refractivity contribution in [3.63, 3.8) is 0 Å². The minimum Gasteiger partial charge on any atom is -0.355 e. The molecule has 2 unspecified atom stereocenters. The van der Waals surface area contributed by atoms with Crippen molar-refractivity contribution in [1.82, 2.24) is 49.2 Å². The summed E-state index contributed by atoms with van der Waals surface area (Å²) in [7, 11) is 4.31. The lowest BCUT2D eigenvalue weighted by atomic mass is 9.92. The van der Waals surface area contributed by atoms with Crippen LogP contribution in [-0.4, -0.2) is 117 Å². The third kappa shape index (κ3) is 7.44. The summed E-state index contributed by atoms with van der Waals surface area (Å²) in [6, 6.07) is 15.2. The van der Waals surface area contributed by atoms with E-state index in [1.165, 1.54) is 0 Å². The zero-order valence-electron chi connectivity index (χ0n) is 34.4. The van der Waals surface area contributed by atoms with E-state index in [-0.39, 0.29) is 35.7 Å². The molecule has 0 bridgehead atoms. The number of hydrogen-bond donors (Lipinski definition) is 2. The van der Waals surface area contributed by atoms with Gasteiger partial charge in [-0.1, -0.05) is 23.7 Å². The molecule has 0 spiro atoms. The number of carbonyl (C=O) groups excluding carboxylic acids is 2. The van der Waals surface area contributed by atoms with Crippen molar-refractivity contribution in [2.45, 2.75) is 56.8 Å². The van der Waals surface area contributed by atoms with Gasteiger partial charge in [-0.25, -0.2) is 9.97 Å². The second kappa shape index (κ2) is 16.0. The van der Waals surface area contributed by atoms with Crippen molar-refractivity contribution in [2.75, 3.05) is 76.3 Å². The number of hydrogen-bond acceptors (Lipinski definition) is 12. The standard InChI is InChI=1S/C45H51ClN12O2/c1-28-6-5-10-47-42(28)35-23-32(60)25-37(50-35)44-45(56-18-14-54(3)15-19-56)57-11-9-29(21-40(57)52-44)30-20-33(46)43(48-26-30)36-24-31(59)22-34(49-36)38-27-58-39(51-38)7-4-8-41(58)55-16-12-53(2)13-17-55/h4-11,20-21,26-27,34-37,49-50H,12-19,22-25H2,1-3H3/t34-,35?,36+,37?/m1/s1. The first-order chi connectivity index (χ1) is 29.1. The smallest absolute Gasteiger partial charge is 0.139 e. The fraction of sp³-hybridized carbons (Fsp3) is 0.422. The first-order valence-electron chi connectivity index (χ1n) is 21.1. The highest BCUT2D eigenvalue weighted by molar-refractivity contribution is 6.31. The van der Waals surface area contributed by atoms with Crippen molar-refractivity contribution in [3.05, 3.63) is 107 Å². The Morgan fingerprint density at radius 1 is 0.650 bits per heavy atom. The summed E-state index contributed by atoms with van der Waals surface area (Å²) < 4.78 is 4.30. The van der Waals surface area contributed by atoms with Crippen LogP contribution in [0.1, 0.15) is 78.2 Å². The van der Waals surface area contributed by atoms with Gasteiger partial charge in [0.25, 0.3) is 0 Å². The van der Waals surface area contributed by atoms with E-state index in [0.717, 1.165) is 109 Å². The van der Waals surface area contributed by atoms with Crippen LogP contribution in [0.5, 0.6) is 0 Å². The first kappa shape index (κ1) is 38.9. The molecule has 60 heavy (non-hydrogen) atoms. The lowest BCUT2D eigenvalue weighted by Gasteiger charge is -2.36. The summed E-state index contributed by atoms with van der Waals surface area (Å²) in [5, 5.41) is 7.95. The Morgan fingerprint density at radius 2 is 1.32 bits per heavy atom. The molecule has 10 heterocycles. The summed E-state index contributed by atoms with van der Waals surface area (Å²) >= 11 is 7.07. The highest BCUT2D eigenvalue weighted by atomic mass is 35.5. The summed E-state index contributed by atoms with van der Waals surface area (Å²) in [5.74, 6) is 2.48. The topological polar surface area (TPSA) is 132 Å². The van der Waals surface area contributed by atoms with Gasteiger partial charge in [0.15, 0.2) is 0 Å². The summed E-state index contributed by atoms with van der Waals surface area (Å²) in [5.41, 5.74) is 7.75. The Hall–Kier alpha value is -5.25. The number of halogens is 1. The maximum absolute atomic E-state index is 13.3. The fourth-order valence-electron chi connectivity index (χ4n) is 9.51. The minimum absolute atomic E-state index is 0.148. The van der Waals surface area contributed by atoms with E-state index in [1.54, 1.807) is 6.20 Å². The summed E-state index contributed by atoms with van der Waals surface area (Å²) in [6.45, 7) is 9.56. The van der Waals surface area contributed by atoms with Crippen molar-refractivity contribution < 1.29 is 9.59 Å². The van der Waals surface area contributed by atoms with E-state index < -0.39 is 0 Å². The molecule has 4 atom stereocenters. The molecule has 0 aliphatic carbocycles. The number of likely N-dealkylation sites (N-methyl/N-ethyl adjacent to an activating group) is 2. The number of aromatic nitrogens is 6. The van der Waals surface area contributed by atoms with E-state index >= 15 is 0 Å². The molecule has 14 nitrogen and oxygen atoms in total. The Balaban J connectivity index is 0.928. The van der Waals surface area contributed by atoms with Crippen molar-refractivity contribution in [1.29, 1.82) is 0 Å². The van der Waals surface area contributed by atoms with Gasteiger partial charge in [-0.3, -0.25) is 39.0 Å². The molecule has 0 radical (unpaired) electrons. The van der Waals surface area contributed by atoms with Gasteiger partial charge in [-0.2, -0.15) is 0 Å². The maximum Gasteiger partial charge on any atom is 0.139 e. The Bertz CT molecular complexity index is 2590. The van der Waals surface area contributed by atoms with Crippen molar-refractivity contribution >= 4 is 46.1 Å². The number of pyridine rings is 4. The molecule has 10 rings (SSSR count). The SMILES string of the molecule is Cc1cccnc1C1CC(=O)CC(c2nc3cc(-c4cnc([C@@H]5CC(=O)C[C@H](c6cn7c(N8CCN(C)CC8)cccc7n6)N5)c(Cl)c4)ccn3c2N2CCN(C)CC2)N1. The number of nitrogens with one attached hydrogen (secondary N) is 2. The highest BCUT2D eigenvalue weighted by Crippen LogP contribution is 2.39. The quantitative estimate of drug-likeness (QED) is 0.215. The maximum atomic E-state index is 13.3. The van der Waals surface area contributed by atoms with Crippen LogP contribution in [-0.2, 0) is 9.59 Å². The number of piperidine rings is 2. The Labute approximate surface area is 354 Å². The second-order valence-corrected chi connectivity index (χ2v) is 17.5. The summed E-state index contributed by atoms with van der Waals surface area (Å²) in [4.78, 5) is 56.0. The number of rotatable bonds is 7. The lowest BCUT2D eigenvalue weighted by molar-refractivity contribution is -0.122. The van der Waals surface area contributed by atoms with E-state index in [0.29, 0.717) is 36.4 Å². The number of piperazine rings is 2. The molecule has 6 aromatic rings. The molecular formula is C45H51ClN12O2. The van der Waals surface area contributed by atoms with Crippen molar-refractivity contribution in [3.8, 4) is 11.1 Å². The molecule has 15 heteroatoms. The van der Waals surface area contributed by atoms with Gasteiger partial charge in [0.05, 0.1) is 46.3 Å². The number of nitrogens with zero attached hydrogens (tertiary/aromatic N) is 10. The van der Waals surface area contributed by atoms with Gasteiger partial charge in [0.2, 0.25) is 0 Å². The first-order valence-corrected chi connectivity index (χ1v) is 21.5. The number of carbonyl (C=O) groups is 2. The number of Topliss-reactive ketones (excluding diaryl/α,β-unsaturated/α-hetero) is 2. The molecule has 0 aromatic carbocycles. The Kier molecular flexibility index (Phi) is 10.4. The molecule has 0 saturated carbocycles. The third-order valence-electron chi connectivity index (χ3n) is 12.9. The number of fused-ring (bicyclic) bond motifs is 2. The van der Waals surface area contributed by atoms with E-state index in [4.69, 9.17) is 26.6 Å². The van der Waals surface area contributed by atoms with Gasteiger partial charge < -0.3 is 19.6 Å². The zero-order valence-corrected chi connectivity index (χ0v) is 35.1. The van der Waals surface area contributed by atoms with Gasteiger partial charge >= 0.3 is 0 Å². The van der Waals surface area contributed by atoms with Gasteiger partial charge in [-0.15, -0.1) is 0 Å². The van der Waals surface area contributed by atoms with Crippen molar-refractivity contribution in [2.24, 2.45) is 0 Å². The van der Waals surface area contributed by atoms with Gasteiger partial charge in [0.1, 0.15) is 40.2 Å². The van der Waals surface area contributed by atoms with Crippen LogP contribution in [0.15, 0.2) is 73.3 Å². The monoisotopic (exact) mass is 826 g/mol. The van der Waals surface area contributed by atoms with E-state index in [1.807, 2.05) is 37.4 Å². The van der Waals surface area contributed by atoms with E-state index in [2.05, 4.69) is 94.8 Å². The number of aryl methyl sites for hydroxylation is 1. The molecular weight excluding hydrogens is 776 g/mol. The van der Waals surface area contributed by atoms with Crippen LogP contribution in [0.3, 0.4) is 0 Å². The molecule has 4 aliphatic rings. The molecule has 0 amide bonds. The second-order valence-electron chi connectivity index (χ2n) is 17.1. The Morgan fingerprint density at radius 3 is 2.03 bits per heavy atom. The van der Waals surface area contributed by atoms with Gasteiger partial charge in [0, 0.05) is 108 Å². The number of anilines is 2. The van der Waals surface area contributed by atoms with Gasteiger partial charge in [-0.05, 0) is 68.5 Å². The molecule has 2 N–H and O–H groups in total. The lowest BCUT2D eigenvalue weighted by Crippen LogP contribution is -2.46. The number of ketones is 2. The van der Waals surface area contributed by atoms with Crippen LogP contribution in [0.4, 0.5) is 11.6 Å². The predicted octanol–water partition coefficient (Wildman–Crippen LogP) is 5.37.